The maximum atomic E-state index is 4.80. The molecule has 0 N–H and O–H groups in total. The van der Waals surface area contributed by atoms with Gasteiger partial charge in [-0.05, 0) is 37.1 Å². The molecular weight excluding hydrogens is 312 g/mol. The van der Waals surface area contributed by atoms with Gasteiger partial charge in [0, 0.05) is 25.2 Å². The number of hydrogen-bond donors (Lipinski definition) is 0. The lowest BCUT2D eigenvalue weighted by atomic mass is 9.97. The summed E-state index contributed by atoms with van der Waals surface area (Å²) < 4.78 is 2.10. The van der Waals surface area contributed by atoms with Crippen molar-refractivity contribution in [3.05, 3.63) is 60.7 Å². The number of hydrogen-bond acceptors (Lipinski definition) is 5. The SMILES string of the molecule is c1ccc2nc(N3CCCC(c4nnc5ccccn45)C3)cnc2c1. The highest BCUT2D eigenvalue weighted by Gasteiger charge is 2.26. The first-order chi connectivity index (χ1) is 12.4. The topological polar surface area (TPSA) is 59.2 Å². The third-order valence-electron chi connectivity index (χ3n) is 4.89. The molecule has 1 aliphatic heterocycles. The van der Waals surface area contributed by atoms with Gasteiger partial charge >= 0.3 is 0 Å². The molecule has 0 bridgehead atoms. The van der Waals surface area contributed by atoms with E-state index in [1.165, 1.54) is 0 Å². The van der Waals surface area contributed by atoms with E-state index < -0.39 is 0 Å². The zero-order valence-electron chi connectivity index (χ0n) is 13.8. The number of benzene rings is 1. The third kappa shape index (κ3) is 2.50. The molecule has 0 radical (unpaired) electrons. The predicted octanol–water partition coefficient (Wildman–Crippen LogP) is 3.06. The van der Waals surface area contributed by atoms with Gasteiger partial charge in [0.15, 0.2) is 5.65 Å². The van der Waals surface area contributed by atoms with Gasteiger partial charge in [-0.1, -0.05) is 18.2 Å². The van der Waals surface area contributed by atoms with Gasteiger partial charge in [-0.25, -0.2) is 4.98 Å². The number of pyridine rings is 1. The Morgan fingerprint density at radius 1 is 0.960 bits per heavy atom. The maximum Gasteiger partial charge on any atom is 0.160 e. The summed E-state index contributed by atoms with van der Waals surface area (Å²) in [6.45, 7) is 1.89. The van der Waals surface area contributed by atoms with Gasteiger partial charge in [-0.15, -0.1) is 10.2 Å². The molecule has 5 rings (SSSR count). The molecule has 1 fully saturated rings. The van der Waals surface area contributed by atoms with E-state index in [-0.39, 0.29) is 0 Å². The van der Waals surface area contributed by atoms with Crippen LogP contribution in [0.2, 0.25) is 0 Å². The zero-order chi connectivity index (χ0) is 16.6. The Hall–Kier alpha value is -3.02. The van der Waals surface area contributed by atoms with Gasteiger partial charge in [0.25, 0.3) is 0 Å². The molecule has 6 heteroatoms. The van der Waals surface area contributed by atoms with Crippen LogP contribution in [0.4, 0.5) is 5.82 Å². The summed E-state index contributed by atoms with van der Waals surface area (Å²) >= 11 is 0. The molecule has 0 amide bonds. The summed E-state index contributed by atoms with van der Waals surface area (Å²) in [5, 5.41) is 8.75. The van der Waals surface area contributed by atoms with Crippen molar-refractivity contribution in [1.82, 2.24) is 24.6 Å². The Kier molecular flexibility index (Phi) is 3.33. The summed E-state index contributed by atoms with van der Waals surface area (Å²) in [6.07, 6.45) is 6.15. The van der Waals surface area contributed by atoms with Crippen molar-refractivity contribution in [1.29, 1.82) is 0 Å². The van der Waals surface area contributed by atoms with Crippen LogP contribution in [0.15, 0.2) is 54.9 Å². The number of aromatic nitrogens is 5. The van der Waals surface area contributed by atoms with Crippen molar-refractivity contribution in [2.24, 2.45) is 0 Å². The first-order valence-electron chi connectivity index (χ1n) is 8.65. The summed E-state index contributed by atoms with van der Waals surface area (Å²) in [5.74, 6) is 2.32. The van der Waals surface area contributed by atoms with Crippen LogP contribution >= 0.6 is 0 Å². The second kappa shape index (κ2) is 5.81. The quantitative estimate of drug-likeness (QED) is 0.565. The van der Waals surface area contributed by atoms with Gasteiger partial charge in [0.1, 0.15) is 11.6 Å². The first-order valence-corrected chi connectivity index (χ1v) is 8.65. The van der Waals surface area contributed by atoms with E-state index >= 15 is 0 Å². The molecule has 1 atom stereocenters. The van der Waals surface area contributed by atoms with E-state index in [0.29, 0.717) is 5.92 Å². The Labute approximate surface area is 145 Å². The normalized spacial score (nSPS) is 18.1. The molecule has 3 aromatic heterocycles. The van der Waals surface area contributed by atoms with E-state index in [2.05, 4.69) is 24.5 Å². The van der Waals surface area contributed by atoms with Gasteiger partial charge in [0.2, 0.25) is 0 Å². The number of piperidine rings is 1. The molecule has 1 saturated heterocycles. The zero-order valence-corrected chi connectivity index (χ0v) is 13.8. The lowest BCUT2D eigenvalue weighted by Crippen LogP contribution is -2.35. The van der Waals surface area contributed by atoms with Gasteiger partial charge < -0.3 is 4.90 Å². The van der Waals surface area contributed by atoms with Crippen LogP contribution in [0, 0.1) is 0 Å². The highest BCUT2D eigenvalue weighted by atomic mass is 15.3. The average Bonchev–Trinajstić information content (AvgIpc) is 3.12. The Morgan fingerprint density at radius 3 is 2.80 bits per heavy atom. The minimum Gasteiger partial charge on any atom is -0.355 e. The summed E-state index contributed by atoms with van der Waals surface area (Å²) in [6, 6.07) is 14.0. The highest BCUT2D eigenvalue weighted by molar-refractivity contribution is 5.75. The average molecular weight is 330 g/mol. The van der Waals surface area contributed by atoms with Crippen molar-refractivity contribution < 1.29 is 0 Å². The van der Waals surface area contributed by atoms with Crippen LogP contribution in [0.25, 0.3) is 16.7 Å². The monoisotopic (exact) mass is 330 g/mol. The Morgan fingerprint density at radius 2 is 1.84 bits per heavy atom. The largest absolute Gasteiger partial charge is 0.355 e. The molecule has 0 spiro atoms. The van der Waals surface area contributed by atoms with Crippen molar-refractivity contribution in [2.75, 3.05) is 18.0 Å². The molecule has 4 aromatic rings. The van der Waals surface area contributed by atoms with Crippen molar-refractivity contribution in [3.63, 3.8) is 0 Å². The van der Waals surface area contributed by atoms with E-state index in [4.69, 9.17) is 4.98 Å². The van der Waals surface area contributed by atoms with Crippen LogP contribution in [-0.2, 0) is 0 Å². The summed E-state index contributed by atoms with van der Waals surface area (Å²) in [4.78, 5) is 11.7. The van der Waals surface area contributed by atoms with Crippen molar-refractivity contribution in [2.45, 2.75) is 18.8 Å². The van der Waals surface area contributed by atoms with Gasteiger partial charge in [-0.3, -0.25) is 9.38 Å². The van der Waals surface area contributed by atoms with Crippen LogP contribution in [0.1, 0.15) is 24.6 Å². The second-order valence-electron chi connectivity index (χ2n) is 6.49. The summed E-state index contributed by atoms with van der Waals surface area (Å²) in [7, 11) is 0. The molecule has 4 heterocycles. The van der Waals surface area contributed by atoms with E-state index in [9.17, 15) is 0 Å². The Bertz CT molecular complexity index is 1040. The summed E-state index contributed by atoms with van der Waals surface area (Å²) in [5.41, 5.74) is 2.78. The van der Waals surface area contributed by atoms with Crippen LogP contribution in [0.5, 0.6) is 0 Å². The lowest BCUT2D eigenvalue weighted by molar-refractivity contribution is 0.486. The molecule has 0 aliphatic carbocycles. The van der Waals surface area contributed by atoms with E-state index in [0.717, 1.165) is 54.3 Å². The lowest BCUT2D eigenvalue weighted by Gasteiger charge is -2.32. The van der Waals surface area contributed by atoms with Crippen LogP contribution in [-0.4, -0.2) is 37.7 Å². The van der Waals surface area contributed by atoms with Crippen molar-refractivity contribution in [3.8, 4) is 0 Å². The minimum atomic E-state index is 0.347. The van der Waals surface area contributed by atoms with Gasteiger partial charge in [-0.2, -0.15) is 0 Å². The number of fused-ring (bicyclic) bond motifs is 2. The predicted molar refractivity (Wildman–Crippen MR) is 96.7 cm³/mol. The number of anilines is 1. The number of nitrogens with zero attached hydrogens (tertiary/aromatic N) is 6. The molecule has 25 heavy (non-hydrogen) atoms. The number of rotatable bonds is 2. The van der Waals surface area contributed by atoms with E-state index in [1.807, 2.05) is 54.9 Å². The second-order valence-corrected chi connectivity index (χ2v) is 6.49. The fourth-order valence-electron chi connectivity index (χ4n) is 3.63. The Balaban J connectivity index is 1.47. The van der Waals surface area contributed by atoms with Crippen LogP contribution < -0.4 is 4.90 Å². The molecular formula is C19H18N6. The molecule has 1 unspecified atom stereocenters. The molecule has 0 saturated carbocycles. The first kappa shape index (κ1) is 14.3. The number of para-hydroxylation sites is 2. The fraction of sp³-hybridized carbons (Fsp3) is 0.263. The van der Waals surface area contributed by atoms with Crippen molar-refractivity contribution >= 4 is 22.5 Å². The minimum absolute atomic E-state index is 0.347. The smallest absolute Gasteiger partial charge is 0.160 e. The third-order valence-corrected chi connectivity index (χ3v) is 4.89. The maximum absolute atomic E-state index is 4.80. The standard InChI is InChI=1S/C19H18N6/c1-2-8-16-15(7-1)20-12-18(21-16)24-10-5-6-14(13-24)19-23-22-17-9-3-4-11-25(17)19/h1-4,7-9,11-12,14H,5-6,10,13H2. The van der Waals surface area contributed by atoms with E-state index in [1.54, 1.807) is 0 Å². The van der Waals surface area contributed by atoms with Crippen LogP contribution in [0.3, 0.4) is 0 Å². The molecule has 1 aliphatic rings. The molecule has 124 valence electrons. The highest BCUT2D eigenvalue weighted by Crippen LogP contribution is 2.28. The molecule has 1 aromatic carbocycles. The fourth-order valence-corrected chi connectivity index (χ4v) is 3.63. The molecule has 6 nitrogen and oxygen atoms in total. The van der Waals surface area contributed by atoms with Gasteiger partial charge in [0.05, 0.1) is 17.2 Å².